The van der Waals surface area contributed by atoms with E-state index in [1.807, 2.05) is 12.3 Å². The Balaban J connectivity index is 1.24. The third-order valence-corrected chi connectivity index (χ3v) is 7.52. The SMILES string of the molecule is OC[C@H]1O[C@@H](n2cnc3c(N[C@H]4CCNC4c4ccc(-c5cccs5)cn4)ncnc32)[C@H](O)[C@@H]1O. The van der Waals surface area contributed by atoms with Gasteiger partial charge in [0.05, 0.1) is 24.7 Å². The van der Waals surface area contributed by atoms with Crippen molar-refractivity contribution in [3.05, 3.63) is 54.2 Å². The molecule has 1 unspecified atom stereocenters. The summed E-state index contributed by atoms with van der Waals surface area (Å²) in [6.07, 6.45) is 1.49. The average Bonchev–Trinajstić information content (AvgIpc) is 3.68. The predicted octanol–water partition coefficient (Wildman–Crippen LogP) is 1.08. The van der Waals surface area contributed by atoms with Crippen molar-refractivity contribution in [2.24, 2.45) is 0 Å². The molecule has 0 spiro atoms. The van der Waals surface area contributed by atoms with Gasteiger partial charge in [0.2, 0.25) is 0 Å². The zero-order chi connectivity index (χ0) is 23.9. The molecule has 11 nitrogen and oxygen atoms in total. The van der Waals surface area contributed by atoms with Crippen molar-refractivity contribution in [2.75, 3.05) is 18.5 Å². The van der Waals surface area contributed by atoms with Gasteiger partial charge in [0.25, 0.3) is 0 Å². The molecule has 2 fully saturated rings. The highest BCUT2D eigenvalue weighted by atomic mass is 32.1. The van der Waals surface area contributed by atoms with Crippen molar-refractivity contribution in [2.45, 2.75) is 43.0 Å². The molecule has 6 rings (SSSR count). The van der Waals surface area contributed by atoms with E-state index in [4.69, 9.17) is 9.72 Å². The van der Waals surface area contributed by atoms with E-state index in [-0.39, 0.29) is 12.1 Å². The third kappa shape index (κ3) is 3.97. The van der Waals surface area contributed by atoms with E-state index in [1.54, 1.807) is 15.9 Å². The Morgan fingerprint density at radius 2 is 2.06 bits per heavy atom. The third-order valence-electron chi connectivity index (χ3n) is 6.60. The summed E-state index contributed by atoms with van der Waals surface area (Å²) in [7, 11) is 0. The van der Waals surface area contributed by atoms with E-state index in [0.29, 0.717) is 17.0 Å². The topological polar surface area (TPSA) is 150 Å². The van der Waals surface area contributed by atoms with E-state index < -0.39 is 31.1 Å². The number of aliphatic hydroxyl groups is 3. The summed E-state index contributed by atoms with van der Waals surface area (Å²) >= 11 is 1.69. The van der Waals surface area contributed by atoms with Crippen LogP contribution in [0.15, 0.2) is 48.5 Å². The van der Waals surface area contributed by atoms with E-state index in [9.17, 15) is 15.3 Å². The summed E-state index contributed by atoms with van der Waals surface area (Å²) in [5.74, 6) is 0.564. The van der Waals surface area contributed by atoms with Gasteiger partial charge in [-0.1, -0.05) is 12.1 Å². The molecule has 0 saturated carbocycles. The summed E-state index contributed by atoms with van der Waals surface area (Å²) < 4.78 is 7.20. The number of nitrogens with one attached hydrogen (secondary N) is 2. The number of nitrogens with zero attached hydrogens (tertiary/aromatic N) is 5. The lowest BCUT2D eigenvalue weighted by molar-refractivity contribution is -0.0511. The first kappa shape index (κ1) is 22.5. The maximum absolute atomic E-state index is 10.4. The van der Waals surface area contributed by atoms with Gasteiger partial charge in [-0.2, -0.15) is 0 Å². The van der Waals surface area contributed by atoms with Crippen LogP contribution < -0.4 is 10.6 Å². The lowest BCUT2D eigenvalue weighted by atomic mass is 10.0. The minimum absolute atomic E-state index is 0.0000612. The Morgan fingerprint density at radius 1 is 1.14 bits per heavy atom. The molecule has 4 aromatic heterocycles. The number of fused-ring (bicyclic) bond motifs is 1. The summed E-state index contributed by atoms with van der Waals surface area (Å²) in [6.45, 7) is 0.434. The van der Waals surface area contributed by atoms with Gasteiger partial charge in [0.1, 0.15) is 24.6 Å². The second kappa shape index (κ2) is 9.22. The van der Waals surface area contributed by atoms with Gasteiger partial charge in [-0.15, -0.1) is 11.3 Å². The van der Waals surface area contributed by atoms with Crippen LogP contribution in [0.2, 0.25) is 0 Å². The van der Waals surface area contributed by atoms with Gasteiger partial charge < -0.3 is 30.7 Å². The van der Waals surface area contributed by atoms with Crippen LogP contribution in [0.5, 0.6) is 0 Å². The molecule has 0 amide bonds. The lowest BCUT2D eigenvalue weighted by Gasteiger charge is -2.21. The fourth-order valence-corrected chi connectivity index (χ4v) is 5.49. The molecular formula is C23H25N7O4S. The highest BCUT2D eigenvalue weighted by Crippen LogP contribution is 2.33. The van der Waals surface area contributed by atoms with Crippen LogP contribution in [0, 0.1) is 0 Å². The lowest BCUT2D eigenvalue weighted by Crippen LogP contribution is -2.33. The number of imidazole rings is 1. The van der Waals surface area contributed by atoms with Crippen LogP contribution in [0.1, 0.15) is 24.4 Å². The van der Waals surface area contributed by atoms with Gasteiger partial charge in [0, 0.05) is 22.7 Å². The van der Waals surface area contributed by atoms with Crippen molar-refractivity contribution in [1.29, 1.82) is 0 Å². The van der Waals surface area contributed by atoms with Crippen molar-refractivity contribution in [3.8, 4) is 10.4 Å². The fraction of sp³-hybridized carbons (Fsp3) is 0.391. The molecule has 12 heteroatoms. The Kier molecular flexibility index (Phi) is 5.92. The van der Waals surface area contributed by atoms with E-state index >= 15 is 0 Å². The van der Waals surface area contributed by atoms with Crippen LogP contribution in [0.4, 0.5) is 5.82 Å². The molecule has 2 aliphatic rings. The quantitative estimate of drug-likeness (QED) is 0.263. The monoisotopic (exact) mass is 495 g/mol. The highest BCUT2D eigenvalue weighted by molar-refractivity contribution is 7.13. The number of thiophene rings is 1. The Bertz CT molecular complexity index is 1300. The number of rotatable bonds is 6. The van der Waals surface area contributed by atoms with Crippen molar-refractivity contribution >= 4 is 28.3 Å². The number of ether oxygens (including phenoxy) is 1. The van der Waals surface area contributed by atoms with Crippen LogP contribution in [0.25, 0.3) is 21.6 Å². The molecule has 4 aromatic rings. The van der Waals surface area contributed by atoms with Crippen molar-refractivity contribution < 1.29 is 20.1 Å². The second-order valence-electron chi connectivity index (χ2n) is 8.70. The average molecular weight is 496 g/mol. The number of pyridine rings is 1. The molecule has 6 atom stereocenters. The number of aromatic nitrogens is 5. The molecule has 0 radical (unpaired) electrons. The summed E-state index contributed by atoms with van der Waals surface area (Å²) in [4.78, 5) is 19.1. The van der Waals surface area contributed by atoms with Crippen molar-refractivity contribution in [3.63, 3.8) is 0 Å². The van der Waals surface area contributed by atoms with Crippen molar-refractivity contribution in [1.82, 2.24) is 29.8 Å². The zero-order valence-electron chi connectivity index (χ0n) is 18.6. The molecule has 0 aromatic carbocycles. The molecule has 35 heavy (non-hydrogen) atoms. The van der Waals surface area contributed by atoms with Gasteiger partial charge in [0.15, 0.2) is 23.2 Å². The first-order valence-corrected chi connectivity index (χ1v) is 12.3. The number of aliphatic hydroxyl groups excluding tert-OH is 3. The molecule has 6 heterocycles. The Hall–Kier alpha value is -3.00. The van der Waals surface area contributed by atoms with Crippen LogP contribution >= 0.6 is 11.3 Å². The van der Waals surface area contributed by atoms with Gasteiger partial charge in [-0.3, -0.25) is 9.55 Å². The molecule has 2 aliphatic heterocycles. The minimum Gasteiger partial charge on any atom is -0.394 e. The van der Waals surface area contributed by atoms with Gasteiger partial charge in [-0.25, -0.2) is 15.0 Å². The molecule has 2 saturated heterocycles. The standard InChI is InChI=1S/C23H25N7O4S/c31-9-15-19(32)20(33)23(34-15)30-11-28-18-21(26-10-27-22(18)30)29-14-5-6-24-17(14)13-4-3-12(8-25-13)16-2-1-7-35-16/h1-4,7-8,10-11,14-15,17,19-20,23-24,31-33H,5-6,9H2,(H,26,27,29)/t14-,15+,17?,19+,20+,23+/m0/s1. The van der Waals surface area contributed by atoms with Gasteiger partial charge in [-0.05, 0) is 30.5 Å². The molecule has 0 aliphatic carbocycles. The first-order chi connectivity index (χ1) is 17.1. The first-order valence-electron chi connectivity index (χ1n) is 11.4. The maximum Gasteiger partial charge on any atom is 0.167 e. The van der Waals surface area contributed by atoms with E-state index in [0.717, 1.165) is 24.2 Å². The Labute approximate surface area is 204 Å². The second-order valence-corrected chi connectivity index (χ2v) is 9.64. The number of anilines is 1. The summed E-state index contributed by atoms with van der Waals surface area (Å²) in [5, 5.41) is 39.0. The fourth-order valence-electron chi connectivity index (χ4n) is 4.78. The number of hydrogen-bond donors (Lipinski definition) is 5. The molecular weight excluding hydrogens is 470 g/mol. The summed E-state index contributed by atoms with van der Waals surface area (Å²) in [6, 6.07) is 8.30. The Morgan fingerprint density at radius 3 is 2.80 bits per heavy atom. The molecule has 0 bridgehead atoms. The van der Waals surface area contributed by atoms with E-state index in [2.05, 4.69) is 49.2 Å². The number of hydrogen-bond acceptors (Lipinski definition) is 11. The van der Waals surface area contributed by atoms with Crippen LogP contribution in [0.3, 0.4) is 0 Å². The van der Waals surface area contributed by atoms with Crippen LogP contribution in [-0.4, -0.2) is 77.3 Å². The maximum atomic E-state index is 10.4. The van der Waals surface area contributed by atoms with E-state index in [1.165, 1.54) is 17.5 Å². The smallest absolute Gasteiger partial charge is 0.167 e. The van der Waals surface area contributed by atoms with Gasteiger partial charge >= 0.3 is 0 Å². The zero-order valence-corrected chi connectivity index (χ0v) is 19.4. The van der Waals surface area contributed by atoms with Crippen LogP contribution in [-0.2, 0) is 4.74 Å². The molecule has 182 valence electrons. The normalized spacial score (nSPS) is 28.7. The largest absolute Gasteiger partial charge is 0.394 e. The minimum atomic E-state index is -1.22. The summed E-state index contributed by atoms with van der Waals surface area (Å²) in [5.41, 5.74) is 3.02. The highest BCUT2D eigenvalue weighted by Gasteiger charge is 2.44. The molecule has 5 N–H and O–H groups in total. The predicted molar refractivity (Wildman–Crippen MR) is 129 cm³/mol.